The number of hydroxylamine groups is 2. The minimum Gasteiger partial charge on any atom is -0.385 e. The summed E-state index contributed by atoms with van der Waals surface area (Å²) < 4.78 is 0. The fourth-order valence-corrected chi connectivity index (χ4v) is 0.678. The minimum atomic E-state index is -0.106. The van der Waals surface area contributed by atoms with Crippen molar-refractivity contribution in [2.45, 2.75) is 6.92 Å². The molecule has 0 saturated carbocycles. The predicted molar refractivity (Wildman–Crippen MR) is 36.8 cm³/mol. The average molecular weight is 139 g/mol. The second-order valence-electron chi connectivity index (χ2n) is 2.09. The number of allylic oxidation sites excluding steroid dienone is 2. The second-order valence-corrected chi connectivity index (χ2v) is 2.09. The van der Waals surface area contributed by atoms with Crippen LogP contribution in [0.25, 0.3) is 0 Å². The highest BCUT2D eigenvalue weighted by Crippen LogP contribution is 2.04. The molecule has 1 aliphatic heterocycles. The Bertz CT molecular complexity index is 206. The maximum Gasteiger partial charge on any atom is 0.281 e. The lowest BCUT2D eigenvalue weighted by Gasteiger charge is -2.12. The van der Waals surface area contributed by atoms with Gasteiger partial charge in [0.15, 0.2) is 0 Å². The number of rotatable bonds is 0. The number of amides is 1. The lowest BCUT2D eigenvalue weighted by atomic mass is 10.2. The molecule has 0 saturated heterocycles. The number of carbonyl (C=O) groups excluding carboxylic acids is 1. The largest absolute Gasteiger partial charge is 0.385 e. The van der Waals surface area contributed by atoms with E-state index in [1.54, 1.807) is 26.1 Å². The van der Waals surface area contributed by atoms with Crippen LogP contribution in [-0.2, 0) is 9.63 Å². The van der Waals surface area contributed by atoms with E-state index < -0.39 is 0 Å². The number of carbonyl (C=O) groups is 1. The fourth-order valence-electron chi connectivity index (χ4n) is 0.678. The average Bonchev–Trinajstić information content (AvgIpc) is 2.04. The van der Waals surface area contributed by atoms with Crippen LogP contribution < -0.4 is 0 Å². The van der Waals surface area contributed by atoms with Gasteiger partial charge in [0.1, 0.15) is 6.26 Å². The monoisotopic (exact) mass is 139 g/mol. The van der Waals surface area contributed by atoms with E-state index in [4.69, 9.17) is 4.84 Å². The quantitative estimate of drug-likeness (QED) is 0.498. The molecule has 0 radical (unpaired) electrons. The molecule has 0 bridgehead atoms. The van der Waals surface area contributed by atoms with Crippen molar-refractivity contribution in [3.05, 3.63) is 24.0 Å². The van der Waals surface area contributed by atoms with E-state index in [0.29, 0.717) is 5.57 Å². The molecular formula is C7H9NO2. The molecule has 1 aliphatic rings. The van der Waals surface area contributed by atoms with Gasteiger partial charge in [-0.1, -0.05) is 6.08 Å². The molecule has 10 heavy (non-hydrogen) atoms. The van der Waals surface area contributed by atoms with Crippen LogP contribution in [0.2, 0.25) is 0 Å². The van der Waals surface area contributed by atoms with Crippen molar-refractivity contribution in [1.29, 1.82) is 0 Å². The summed E-state index contributed by atoms with van der Waals surface area (Å²) in [5, 5.41) is 1.19. The molecule has 0 fully saturated rings. The van der Waals surface area contributed by atoms with Gasteiger partial charge in [-0.2, -0.15) is 5.06 Å². The van der Waals surface area contributed by atoms with E-state index in [2.05, 4.69) is 0 Å². The summed E-state index contributed by atoms with van der Waals surface area (Å²) >= 11 is 0. The Morgan fingerprint density at radius 3 is 3.00 bits per heavy atom. The third kappa shape index (κ3) is 1.18. The van der Waals surface area contributed by atoms with Crippen molar-refractivity contribution >= 4 is 5.91 Å². The van der Waals surface area contributed by atoms with Gasteiger partial charge in [-0.25, -0.2) is 0 Å². The Balaban J connectivity index is 2.83. The van der Waals surface area contributed by atoms with Crippen molar-refractivity contribution < 1.29 is 9.63 Å². The van der Waals surface area contributed by atoms with Crippen LogP contribution in [0.15, 0.2) is 24.0 Å². The third-order valence-electron chi connectivity index (χ3n) is 1.27. The van der Waals surface area contributed by atoms with Crippen LogP contribution in [0.5, 0.6) is 0 Å². The van der Waals surface area contributed by atoms with Gasteiger partial charge < -0.3 is 4.84 Å². The molecule has 1 heterocycles. The predicted octanol–water partition coefficient (Wildman–Crippen LogP) is 0.850. The van der Waals surface area contributed by atoms with Gasteiger partial charge in [0.05, 0.1) is 0 Å². The lowest BCUT2D eigenvalue weighted by molar-refractivity contribution is -0.156. The molecule has 0 aromatic rings. The highest BCUT2D eigenvalue weighted by molar-refractivity contribution is 5.92. The van der Waals surface area contributed by atoms with Crippen LogP contribution in [0.1, 0.15) is 6.92 Å². The normalized spacial score (nSPS) is 18.0. The maximum absolute atomic E-state index is 11.0. The van der Waals surface area contributed by atoms with Gasteiger partial charge in [0.25, 0.3) is 5.91 Å². The number of hydrogen-bond acceptors (Lipinski definition) is 2. The fraction of sp³-hybridized carbons (Fsp3) is 0.286. The van der Waals surface area contributed by atoms with Gasteiger partial charge in [0, 0.05) is 12.6 Å². The Morgan fingerprint density at radius 2 is 2.30 bits per heavy atom. The topological polar surface area (TPSA) is 29.5 Å². The van der Waals surface area contributed by atoms with Gasteiger partial charge in [-0.15, -0.1) is 0 Å². The van der Waals surface area contributed by atoms with Crippen molar-refractivity contribution in [2.75, 3.05) is 7.05 Å². The molecule has 3 heteroatoms. The zero-order valence-corrected chi connectivity index (χ0v) is 6.00. The van der Waals surface area contributed by atoms with Crippen molar-refractivity contribution in [3.63, 3.8) is 0 Å². The third-order valence-corrected chi connectivity index (χ3v) is 1.27. The van der Waals surface area contributed by atoms with Crippen molar-refractivity contribution in [3.8, 4) is 0 Å². The molecule has 0 aromatic carbocycles. The Morgan fingerprint density at radius 1 is 1.60 bits per heavy atom. The van der Waals surface area contributed by atoms with E-state index >= 15 is 0 Å². The highest BCUT2D eigenvalue weighted by Gasteiger charge is 2.11. The SMILES string of the molecule is CC1=CC=CON(C)C1=O. The zero-order valence-electron chi connectivity index (χ0n) is 6.00. The second kappa shape index (κ2) is 2.56. The molecule has 0 unspecified atom stereocenters. The molecule has 0 aromatic heterocycles. The van der Waals surface area contributed by atoms with Crippen LogP contribution >= 0.6 is 0 Å². The number of hydrogen-bond donors (Lipinski definition) is 0. The Hall–Kier alpha value is -1.25. The van der Waals surface area contributed by atoms with Crippen LogP contribution in [0, 0.1) is 0 Å². The van der Waals surface area contributed by atoms with E-state index in [-0.39, 0.29) is 5.91 Å². The molecule has 3 nitrogen and oxygen atoms in total. The van der Waals surface area contributed by atoms with E-state index in [1.165, 1.54) is 11.3 Å². The molecule has 0 N–H and O–H groups in total. The van der Waals surface area contributed by atoms with E-state index in [9.17, 15) is 4.79 Å². The standard InChI is InChI=1S/C7H9NO2/c1-6-4-3-5-10-8(2)7(6)9/h3-5H,1-2H3. The summed E-state index contributed by atoms with van der Waals surface area (Å²) in [7, 11) is 1.58. The minimum absolute atomic E-state index is 0.106. The van der Waals surface area contributed by atoms with Crippen molar-refractivity contribution in [1.82, 2.24) is 5.06 Å². The summed E-state index contributed by atoms with van der Waals surface area (Å²) in [6.45, 7) is 1.75. The Kier molecular flexibility index (Phi) is 1.76. The first kappa shape index (κ1) is 6.86. The van der Waals surface area contributed by atoms with Gasteiger partial charge in [0.2, 0.25) is 0 Å². The number of nitrogens with zero attached hydrogens (tertiary/aromatic N) is 1. The summed E-state index contributed by atoms with van der Waals surface area (Å²) in [4.78, 5) is 15.9. The van der Waals surface area contributed by atoms with Crippen LogP contribution in [-0.4, -0.2) is 18.0 Å². The van der Waals surface area contributed by atoms with E-state index in [1.807, 2.05) is 0 Å². The first-order valence-corrected chi connectivity index (χ1v) is 3.00. The first-order chi connectivity index (χ1) is 4.72. The molecule has 0 spiro atoms. The molecule has 0 aliphatic carbocycles. The summed E-state index contributed by atoms with van der Waals surface area (Å²) in [5.41, 5.74) is 0.677. The number of likely N-dealkylation sites (N-methyl/N-ethyl adjacent to an activating group) is 1. The maximum atomic E-state index is 11.0. The zero-order chi connectivity index (χ0) is 7.56. The van der Waals surface area contributed by atoms with Gasteiger partial charge in [-0.3, -0.25) is 4.79 Å². The Labute approximate surface area is 59.5 Å². The summed E-state index contributed by atoms with van der Waals surface area (Å²) in [5.74, 6) is -0.106. The first-order valence-electron chi connectivity index (χ1n) is 3.00. The summed E-state index contributed by atoms with van der Waals surface area (Å²) in [6, 6.07) is 0. The molecular weight excluding hydrogens is 130 g/mol. The van der Waals surface area contributed by atoms with Gasteiger partial charge in [-0.05, 0) is 13.0 Å². The highest BCUT2D eigenvalue weighted by atomic mass is 16.7. The molecule has 1 amide bonds. The molecule has 1 rings (SSSR count). The molecule has 0 atom stereocenters. The molecule has 54 valence electrons. The van der Waals surface area contributed by atoms with E-state index in [0.717, 1.165) is 0 Å². The lowest BCUT2D eigenvalue weighted by Crippen LogP contribution is -2.24. The van der Waals surface area contributed by atoms with Gasteiger partial charge >= 0.3 is 0 Å². The summed E-state index contributed by atoms with van der Waals surface area (Å²) in [6.07, 6.45) is 4.87. The van der Waals surface area contributed by atoms with Crippen LogP contribution in [0.4, 0.5) is 0 Å². The smallest absolute Gasteiger partial charge is 0.281 e. The van der Waals surface area contributed by atoms with Crippen LogP contribution in [0.3, 0.4) is 0 Å². The van der Waals surface area contributed by atoms with Crippen molar-refractivity contribution in [2.24, 2.45) is 0 Å².